The van der Waals surface area contributed by atoms with Crippen LogP contribution in [0, 0.1) is 0 Å². The van der Waals surface area contributed by atoms with Gasteiger partial charge in [-0.2, -0.15) is 5.10 Å². The highest BCUT2D eigenvalue weighted by molar-refractivity contribution is 8.15. The number of thioether (sulfide) groups is 1. The number of nitrogens with one attached hydrogen (secondary N) is 2. The van der Waals surface area contributed by atoms with Crippen molar-refractivity contribution in [2.75, 3.05) is 5.32 Å². The molecule has 2 heterocycles. The fourth-order valence-corrected chi connectivity index (χ4v) is 4.84. The summed E-state index contributed by atoms with van der Waals surface area (Å²) < 4.78 is 2.19. The van der Waals surface area contributed by atoms with E-state index in [4.69, 9.17) is 0 Å². The molecule has 7 nitrogen and oxygen atoms in total. The molecule has 1 fully saturated rings. The number of nitrogens with zero attached hydrogens (tertiary/aromatic N) is 3. The Hall–Kier alpha value is -4.17. The zero-order chi connectivity index (χ0) is 24.0. The molecule has 0 aliphatic carbocycles. The Morgan fingerprint density at radius 3 is 2.51 bits per heavy atom. The van der Waals surface area contributed by atoms with Crippen molar-refractivity contribution >= 4 is 51.5 Å². The van der Waals surface area contributed by atoms with E-state index in [0.29, 0.717) is 10.9 Å². The van der Waals surface area contributed by atoms with Gasteiger partial charge in [0.15, 0.2) is 5.17 Å². The van der Waals surface area contributed by atoms with Crippen molar-refractivity contribution in [2.24, 2.45) is 10.2 Å². The minimum absolute atomic E-state index is 0.0566. The smallest absolute Gasteiger partial charge is 0.240 e. The lowest BCUT2D eigenvalue weighted by atomic mass is 10.2. The summed E-state index contributed by atoms with van der Waals surface area (Å²) in [5.74, 6) is -0.466. The van der Waals surface area contributed by atoms with Gasteiger partial charge >= 0.3 is 0 Å². The van der Waals surface area contributed by atoms with Crippen LogP contribution < -0.4 is 10.6 Å². The molecule has 1 unspecified atom stereocenters. The maximum absolute atomic E-state index is 12.3. The van der Waals surface area contributed by atoms with E-state index in [1.165, 1.54) is 17.3 Å². The summed E-state index contributed by atoms with van der Waals surface area (Å²) in [6.45, 7) is 0.752. The monoisotopic (exact) mass is 481 g/mol. The molecule has 5 rings (SSSR count). The highest BCUT2D eigenvalue weighted by atomic mass is 32.2. The van der Waals surface area contributed by atoms with Gasteiger partial charge in [-0.1, -0.05) is 78.5 Å². The Labute approximate surface area is 207 Å². The Morgan fingerprint density at radius 2 is 1.71 bits per heavy atom. The quantitative estimate of drug-likeness (QED) is 0.298. The Kier molecular flexibility index (Phi) is 6.72. The molecule has 2 amide bonds. The summed E-state index contributed by atoms with van der Waals surface area (Å²) >= 11 is 1.21. The van der Waals surface area contributed by atoms with Crippen molar-refractivity contribution in [3.8, 4) is 0 Å². The molecule has 0 radical (unpaired) electrons. The van der Waals surface area contributed by atoms with Crippen molar-refractivity contribution in [1.82, 2.24) is 9.88 Å². The predicted molar refractivity (Wildman–Crippen MR) is 142 cm³/mol. The third-order valence-corrected chi connectivity index (χ3v) is 6.64. The molecule has 174 valence electrons. The number of rotatable bonds is 7. The number of anilines is 1. The van der Waals surface area contributed by atoms with Crippen LogP contribution in [-0.2, 0) is 16.1 Å². The molecule has 1 aromatic heterocycles. The van der Waals surface area contributed by atoms with Gasteiger partial charge in [-0.05, 0) is 23.8 Å². The van der Waals surface area contributed by atoms with Crippen molar-refractivity contribution in [2.45, 2.75) is 18.2 Å². The van der Waals surface area contributed by atoms with E-state index < -0.39 is 5.25 Å². The second-order valence-corrected chi connectivity index (χ2v) is 9.27. The molecule has 3 aromatic carbocycles. The number of para-hydroxylation sites is 2. The van der Waals surface area contributed by atoms with E-state index in [1.54, 1.807) is 18.3 Å². The average Bonchev–Trinajstić information content (AvgIpc) is 3.40. The van der Waals surface area contributed by atoms with Gasteiger partial charge in [0.05, 0.1) is 6.21 Å². The summed E-state index contributed by atoms with van der Waals surface area (Å²) in [6.07, 6.45) is 3.80. The van der Waals surface area contributed by atoms with Crippen LogP contribution in [0.1, 0.15) is 17.5 Å². The second-order valence-electron chi connectivity index (χ2n) is 8.08. The lowest BCUT2D eigenvalue weighted by Gasteiger charge is -2.06. The van der Waals surface area contributed by atoms with Crippen LogP contribution in [-0.4, -0.2) is 33.0 Å². The first-order valence-corrected chi connectivity index (χ1v) is 12.1. The first-order valence-electron chi connectivity index (χ1n) is 11.2. The predicted octanol–water partition coefficient (Wildman–Crippen LogP) is 4.64. The van der Waals surface area contributed by atoms with Crippen molar-refractivity contribution in [3.05, 3.63) is 102 Å². The molecule has 0 saturated carbocycles. The number of hydrogen-bond donors (Lipinski definition) is 2. The summed E-state index contributed by atoms with van der Waals surface area (Å²) in [6, 6.07) is 27.6. The van der Waals surface area contributed by atoms with Crippen molar-refractivity contribution in [3.63, 3.8) is 0 Å². The lowest BCUT2D eigenvalue weighted by Crippen LogP contribution is -2.28. The standard InChI is InChI=1S/C27H23N5O2S/c33-25(29-21-11-5-2-6-12-21)15-24-26(34)30-27(35-24)31-28-16-20-18-32(17-19-9-3-1-4-10-19)23-14-8-7-13-22(20)23/h1-14,16,18,24H,15,17H2,(H,29,33)(H,30,31,34). The second kappa shape index (κ2) is 10.4. The summed E-state index contributed by atoms with van der Waals surface area (Å²) in [5, 5.41) is 14.8. The number of hydrogen-bond acceptors (Lipinski definition) is 5. The third-order valence-electron chi connectivity index (χ3n) is 5.57. The van der Waals surface area contributed by atoms with Crippen LogP contribution in [0.15, 0.2) is 101 Å². The molecule has 2 N–H and O–H groups in total. The highest BCUT2D eigenvalue weighted by Gasteiger charge is 2.32. The topological polar surface area (TPSA) is 87.8 Å². The summed E-state index contributed by atoms with van der Waals surface area (Å²) in [4.78, 5) is 24.6. The first-order chi connectivity index (χ1) is 17.2. The molecule has 8 heteroatoms. The molecule has 35 heavy (non-hydrogen) atoms. The molecule has 1 saturated heterocycles. The van der Waals surface area contributed by atoms with E-state index in [2.05, 4.69) is 55.9 Å². The third kappa shape index (κ3) is 5.50. The van der Waals surface area contributed by atoms with Gasteiger partial charge in [-0.3, -0.25) is 9.59 Å². The molecule has 0 spiro atoms. The van der Waals surface area contributed by atoms with E-state index in [1.807, 2.05) is 48.5 Å². The van der Waals surface area contributed by atoms with Crippen LogP contribution in [0.25, 0.3) is 10.9 Å². The molecular formula is C27H23N5O2S. The minimum Gasteiger partial charge on any atom is -0.342 e. The number of amides is 2. The summed E-state index contributed by atoms with van der Waals surface area (Å²) in [5.41, 5.74) is 3.96. The fraction of sp³-hybridized carbons (Fsp3) is 0.111. The number of aromatic nitrogens is 1. The molecule has 1 aliphatic heterocycles. The van der Waals surface area contributed by atoms with Gasteiger partial charge in [0.25, 0.3) is 0 Å². The van der Waals surface area contributed by atoms with Gasteiger partial charge in [0.1, 0.15) is 5.25 Å². The van der Waals surface area contributed by atoms with Crippen LogP contribution in [0.2, 0.25) is 0 Å². The van der Waals surface area contributed by atoms with E-state index in [0.717, 1.165) is 23.0 Å². The number of amidine groups is 1. The average molecular weight is 482 g/mol. The van der Waals surface area contributed by atoms with Crippen LogP contribution in [0.3, 0.4) is 0 Å². The Balaban J connectivity index is 1.26. The zero-order valence-corrected chi connectivity index (χ0v) is 19.6. The summed E-state index contributed by atoms with van der Waals surface area (Å²) in [7, 11) is 0. The van der Waals surface area contributed by atoms with Crippen LogP contribution in [0.5, 0.6) is 0 Å². The normalized spacial score (nSPS) is 16.7. The van der Waals surface area contributed by atoms with Crippen molar-refractivity contribution in [1.29, 1.82) is 0 Å². The number of fused-ring (bicyclic) bond motifs is 1. The molecule has 0 bridgehead atoms. The lowest BCUT2D eigenvalue weighted by molar-refractivity contribution is -0.122. The zero-order valence-electron chi connectivity index (χ0n) is 18.8. The largest absolute Gasteiger partial charge is 0.342 e. The van der Waals surface area contributed by atoms with Gasteiger partial charge in [-0.25, -0.2) is 0 Å². The molecule has 1 aliphatic rings. The fourth-order valence-electron chi connectivity index (χ4n) is 3.92. The maximum atomic E-state index is 12.3. The number of carbonyl (C=O) groups excluding carboxylic acids is 2. The first kappa shape index (κ1) is 22.6. The van der Waals surface area contributed by atoms with Gasteiger partial charge in [0, 0.05) is 41.3 Å². The van der Waals surface area contributed by atoms with E-state index >= 15 is 0 Å². The molecule has 4 aromatic rings. The molecular weight excluding hydrogens is 458 g/mol. The van der Waals surface area contributed by atoms with E-state index in [9.17, 15) is 9.59 Å². The maximum Gasteiger partial charge on any atom is 0.240 e. The molecule has 1 atom stereocenters. The van der Waals surface area contributed by atoms with Crippen molar-refractivity contribution < 1.29 is 9.59 Å². The van der Waals surface area contributed by atoms with E-state index in [-0.39, 0.29) is 18.2 Å². The van der Waals surface area contributed by atoms with Gasteiger partial charge in [-0.15, -0.1) is 5.10 Å². The van der Waals surface area contributed by atoms with Gasteiger partial charge in [0.2, 0.25) is 11.8 Å². The number of benzene rings is 3. The van der Waals surface area contributed by atoms with Gasteiger partial charge < -0.3 is 15.2 Å². The SMILES string of the molecule is O=C(CC1S/C(=N\N=Cc2cn(Cc3ccccc3)c3ccccc23)NC1=O)Nc1ccccc1. The Morgan fingerprint density at radius 1 is 1.00 bits per heavy atom. The Bertz CT molecular complexity index is 1410. The highest BCUT2D eigenvalue weighted by Crippen LogP contribution is 2.24. The van der Waals surface area contributed by atoms with Crippen LogP contribution in [0.4, 0.5) is 5.69 Å². The minimum atomic E-state index is -0.541. The van der Waals surface area contributed by atoms with Crippen LogP contribution >= 0.6 is 11.8 Å². The number of carbonyl (C=O) groups is 2.